The molecule has 1 N–H and O–H groups in total. The van der Waals surface area contributed by atoms with Gasteiger partial charge in [-0.25, -0.2) is 0 Å². The number of non-ortho nitro benzene ring substituents is 1. The molecule has 0 aliphatic carbocycles. The highest BCUT2D eigenvalue weighted by Gasteiger charge is 2.33. The van der Waals surface area contributed by atoms with E-state index in [0.717, 1.165) is 18.5 Å². The summed E-state index contributed by atoms with van der Waals surface area (Å²) in [5.41, 5.74) is 1.02. The lowest BCUT2D eigenvalue weighted by atomic mass is 9.81. The first kappa shape index (κ1) is 14.5. The fraction of sp³-hybridized carbons (Fsp3) is 0.500. The second-order valence-corrected chi connectivity index (χ2v) is 4.81. The van der Waals surface area contributed by atoms with Crippen LogP contribution in [0.3, 0.4) is 0 Å². The van der Waals surface area contributed by atoms with Crippen molar-refractivity contribution in [3.63, 3.8) is 0 Å². The van der Waals surface area contributed by atoms with Crippen molar-refractivity contribution in [3.8, 4) is 0 Å². The van der Waals surface area contributed by atoms with E-state index < -0.39 is 4.92 Å². The molecule has 1 aromatic rings. The van der Waals surface area contributed by atoms with Gasteiger partial charge in [-0.05, 0) is 31.4 Å². The molecule has 0 amide bonds. The Morgan fingerprint density at radius 2 is 2.15 bits per heavy atom. The van der Waals surface area contributed by atoms with Crippen molar-refractivity contribution in [1.82, 2.24) is 5.32 Å². The molecule has 1 saturated heterocycles. The molecular weight excluding hydrogens is 260 g/mol. The highest BCUT2D eigenvalue weighted by atomic mass is 16.6. The van der Waals surface area contributed by atoms with Gasteiger partial charge in [0.05, 0.1) is 17.4 Å². The average molecular weight is 278 g/mol. The lowest BCUT2D eigenvalue weighted by molar-refractivity contribution is -0.384. The van der Waals surface area contributed by atoms with Gasteiger partial charge in [-0.3, -0.25) is 14.9 Å². The van der Waals surface area contributed by atoms with Crippen molar-refractivity contribution >= 4 is 11.7 Å². The van der Waals surface area contributed by atoms with E-state index in [2.05, 4.69) is 5.32 Å². The molecule has 2 atom stereocenters. The molecule has 0 saturated carbocycles. The van der Waals surface area contributed by atoms with Crippen molar-refractivity contribution in [2.45, 2.75) is 19.3 Å². The molecule has 1 heterocycles. The first-order valence-electron chi connectivity index (χ1n) is 6.75. The van der Waals surface area contributed by atoms with Crippen LogP contribution in [0.4, 0.5) is 5.69 Å². The molecule has 0 bridgehead atoms. The summed E-state index contributed by atoms with van der Waals surface area (Å²) < 4.78 is 5.11. The van der Waals surface area contributed by atoms with E-state index in [1.807, 2.05) is 0 Å². The molecule has 0 spiro atoms. The molecule has 20 heavy (non-hydrogen) atoms. The van der Waals surface area contributed by atoms with Crippen molar-refractivity contribution < 1.29 is 14.5 Å². The Hall–Kier alpha value is -1.95. The van der Waals surface area contributed by atoms with E-state index in [1.165, 1.54) is 12.1 Å². The van der Waals surface area contributed by atoms with Crippen molar-refractivity contribution in [1.29, 1.82) is 0 Å². The summed E-state index contributed by atoms with van der Waals surface area (Å²) in [6, 6.07) is 6.44. The molecule has 6 heteroatoms. The Balaban J connectivity index is 2.18. The third-order valence-electron chi connectivity index (χ3n) is 3.60. The fourth-order valence-corrected chi connectivity index (χ4v) is 2.60. The van der Waals surface area contributed by atoms with Gasteiger partial charge in [0.15, 0.2) is 0 Å². The van der Waals surface area contributed by atoms with Gasteiger partial charge in [0.1, 0.15) is 0 Å². The zero-order chi connectivity index (χ0) is 14.5. The molecule has 1 aliphatic heterocycles. The van der Waals surface area contributed by atoms with Gasteiger partial charge in [-0.2, -0.15) is 0 Å². The number of hydrogen-bond donors (Lipinski definition) is 1. The zero-order valence-electron chi connectivity index (χ0n) is 11.4. The van der Waals surface area contributed by atoms with Crippen LogP contribution in [-0.4, -0.2) is 30.6 Å². The van der Waals surface area contributed by atoms with Gasteiger partial charge < -0.3 is 10.1 Å². The molecule has 1 aromatic carbocycles. The Morgan fingerprint density at radius 1 is 1.45 bits per heavy atom. The first-order chi connectivity index (χ1) is 9.63. The van der Waals surface area contributed by atoms with Crippen LogP contribution < -0.4 is 5.32 Å². The normalized spacial score (nSPS) is 22.2. The smallest absolute Gasteiger partial charge is 0.310 e. The maximum Gasteiger partial charge on any atom is 0.310 e. The van der Waals surface area contributed by atoms with Crippen LogP contribution >= 0.6 is 0 Å². The minimum Gasteiger partial charge on any atom is -0.466 e. The number of nitrogens with zero attached hydrogens (tertiary/aromatic N) is 1. The Kier molecular flexibility index (Phi) is 4.68. The molecule has 0 radical (unpaired) electrons. The van der Waals surface area contributed by atoms with E-state index in [-0.39, 0.29) is 23.5 Å². The van der Waals surface area contributed by atoms with Gasteiger partial charge in [-0.1, -0.05) is 12.1 Å². The maximum atomic E-state index is 12.0. The van der Waals surface area contributed by atoms with Gasteiger partial charge in [-0.15, -0.1) is 0 Å². The minimum absolute atomic E-state index is 0.0519. The maximum absolute atomic E-state index is 12.0. The number of esters is 1. The first-order valence-corrected chi connectivity index (χ1v) is 6.75. The van der Waals surface area contributed by atoms with E-state index in [0.29, 0.717) is 13.2 Å². The molecule has 1 fully saturated rings. The number of nitro groups is 1. The lowest BCUT2D eigenvalue weighted by Gasteiger charge is -2.30. The van der Waals surface area contributed by atoms with Crippen LogP contribution in [0.5, 0.6) is 0 Å². The monoisotopic (exact) mass is 278 g/mol. The highest BCUT2D eigenvalue weighted by Crippen LogP contribution is 2.32. The summed E-state index contributed by atoms with van der Waals surface area (Å²) >= 11 is 0. The standard InChI is InChI=1S/C14H18N2O4/c1-2-20-14(17)13-9-15-8-7-12(13)10-3-5-11(6-4-10)16(18)19/h3-6,12-13,15H,2,7-9H2,1H3/t12-,13-/m0/s1. The quantitative estimate of drug-likeness (QED) is 0.516. The van der Waals surface area contributed by atoms with Crippen LogP contribution in [0.15, 0.2) is 24.3 Å². The van der Waals surface area contributed by atoms with E-state index in [4.69, 9.17) is 4.74 Å². The second-order valence-electron chi connectivity index (χ2n) is 4.81. The Morgan fingerprint density at radius 3 is 2.75 bits per heavy atom. The summed E-state index contributed by atoms with van der Waals surface area (Å²) in [5.74, 6) is -0.385. The summed E-state index contributed by atoms with van der Waals surface area (Å²) in [4.78, 5) is 22.2. The Labute approximate surface area is 117 Å². The largest absolute Gasteiger partial charge is 0.466 e. The lowest BCUT2D eigenvalue weighted by Crippen LogP contribution is -2.40. The third-order valence-corrected chi connectivity index (χ3v) is 3.60. The molecule has 2 rings (SSSR count). The number of piperidine rings is 1. The van der Waals surface area contributed by atoms with Crippen LogP contribution in [0, 0.1) is 16.0 Å². The molecule has 108 valence electrons. The zero-order valence-corrected chi connectivity index (χ0v) is 11.4. The highest BCUT2D eigenvalue weighted by molar-refractivity contribution is 5.74. The number of carbonyl (C=O) groups excluding carboxylic acids is 1. The van der Waals surface area contributed by atoms with Gasteiger partial charge in [0.2, 0.25) is 0 Å². The molecule has 0 aromatic heterocycles. The number of ether oxygens (including phenoxy) is 1. The summed E-state index contributed by atoms with van der Waals surface area (Å²) in [6.45, 7) is 3.56. The number of carbonyl (C=O) groups is 1. The SMILES string of the molecule is CCOC(=O)[C@H]1CNCC[C@H]1c1ccc([N+](=O)[O-])cc1. The second kappa shape index (κ2) is 6.47. The molecule has 6 nitrogen and oxygen atoms in total. The average Bonchev–Trinajstić information content (AvgIpc) is 2.47. The van der Waals surface area contributed by atoms with Gasteiger partial charge in [0, 0.05) is 18.7 Å². The predicted octanol–water partition coefficient (Wildman–Crippen LogP) is 1.85. The van der Waals surface area contributed by atoms with Crippen LogP contribution in [-0.2, 0) is 9.53 Å². The predicted molar refractivity (Wildman–Crippen MR) is 73.4 cm³/mol. The van der Waals surface area contributed by atoms with Crippen LogP contribution in [0.25, 0.3) is 0 Å². The molecular formula is C14H18N2O4. The third kappa shape index (κ3) is 3.14. The van der Waals surface area contributed by atoms with Crippen LogP contribution in [0.1, 0.15) is 24.8 Å². The van der Waals surface area contributed by atoms with Gasteiger partial charge in [0.25, 0.3) is 5.69 Å². The summed E-state index contributed by atoms with van der Waals surface area (Å²) in [5, 5.41) is 13.9. The topological polar surface area (TPSA) is 81.5 Å². The van der Waals surface area contributed by atoms with Crippen molar-refractivity contribution in [3.05, 3.63) is 39.9 Å². The molecule has 0 unspecified atom stereocenters. The molecule has 1 aliphatic rings. The Bertz CT molecular complexity index is 486. The van der Waals surface area contributed by atoms with Crippen molar-refractivity contribution in [2.75, 3.05) is 19.7 Å². The number of rotatable bonds is 4. The van der Waals surface area contributed by atoms with E-state index in [1.54, 1.807) is 19.1 Å². The van der Waals surface area contributed by atoms with Crippen molar-refractivity contribution in [2.24, 2.45) is 5.92 Å². The van der Waals surface area contributed by atoms with E-state index in [9.17, 15) is 14.9 Å². The number of benzene rings is 1. The van der Waals surface area contributed by atoms with Gasteiger partial charge >= 0.3 is 5.97 Å². The van der Waals surface area contributed by atoms with Crippen LogP contribution in [0.2, 0.25) is 0 Å². The minimum atomic E-state index is -0.422. The van der Waals surface area contributed by atoms with E-state index >= 15 is 0 Å². The summed E-state index contributed by atoms with van der Waals surface area (Å²) in [7, 11) is 0. The number of nitro benzene ring substituents is 1. The summed E-state index contributed by atoms with van der Waals surface area (Å²) in [6.07, 6.45) is 0.821. The fourth-order valence-electron chi connectivity index (χ4n) is 2.60. The number of nitrogens with one attached hydrogen (secondary N) is 1. The number of hydrogen-bond acceptors (Lipinski definition) is 5.